The number of nitrogens with one attached hydrogen (secondary N) is 1. The Morgan fingerprint density at radius 3 is 2.79 bits per heavy atom. The summed E-state index contributed by atoms with van der Waals surface area (Å²) in [7, 11) is 0. The third kappa shape index (κ3) is 1.94. The van der Waals surface area contributed by atoms with E-state index >= 15 is 0 Å². The van der Waals surface area contributed by atoms with Gasteiger partial charge >= 0.3 is 0 Å². The van der Waals surface area contributed by atoms with E-state index in [1.807, 2.05) is 0 Å². The Bertz CT molecular complexity index is 611. The van der Waals surface area contributed by atoms with Gasteiger partial charge in [0.2, 0.25) is 5.95 Å². The average molecular weight is 316 g/mol. The number of fused-ring (bicyclic) bond motifs is 3. The monoisotopic (exact) mass is 315 g/mol. The summed E-state index contributed by atoms with van der Waals surface area (Å²) in [5, 5.41) is 3.48. The Kier molecular flexibility index (Phi) is 2.58. The number of aryl methyl sites for hydroxylation is 1. The van der Waals surface area contributed by atoms with Gasteiger partial charge in [-0.25, -0.2) is 9.97 Å². The maximum atomic E-state index is 4.30. The standard InChI is InChI=1S/C15H14BrN3/c16-10-7-17-15(18-8-10)19-14-12-6-5-9-3-1-2-4-11(9)13(12)14/h1-4,7-8,12-14H,5-6H2,(H,17,18,19). The molecule has 1 fully saturated rings. The van der Waals surface area contributed by atoms with Crippen molar-refractivity contribution in [3.63, 3.8) is 0 Å². The minimum Gasteiger partial charge on any atom is -0.351 e. The molecule has 4 rings (SSSR count). The van der Waals surface area contributed by atoms with Gasteiger partial charge in [0.15, 0.2) is 0 Å². The summed E-state index contributed by atoms with van der Waals surface area (Å²) < 4.78 is 0.914. The lowest BCUT2D eigenvalue weighted by atomic mass is 9.92. The van der Waals surface area contributed by atoms with E-state index < -0.39 is 0 Å². The number of nitrogens with zero attached hydrogens (tertiary/aromatic N) is 2. The van der Waals surface area contributed by atoms with Crippen molar-refractivity contribution in [2.45, 2.75) is 24.8 Å². The highest BCUT2D eigenvalue weighted by atomic mass is 79.9. The molecule has 1 heterocycles. The van der Waals surface area contributed by atoms with Gasteiger partial charge in [-0.3, -0.25) is 0 Å². The third-order valence-corrected chi connectivity index (χ3v) is 4.66. The van der Waals surface area contributed by atoms with Crippen molar-refractivity contribution >= 4 is 21.9 Å². The molecule has 1 N–H and O–H groups in total. The van der Waals surface area contributed by atoms with E-state index in [0.29, 0.717) is 12.0 Å². The fraction of sp³-hybridized carbons (Fsp3) is 0.333. The number of rotatable bonds is 2. The Balaban J connectivity index is 1.56. The van der Waals surface area contributed by atoms with E-state index in [9.17, 15) is 0 Å². The predicted octanol–water partition coefficient (Wildman–Crippen LogP) is 3.38. The zero-order valence-corrected chi connectivity index (χ0v) is 12.0. The number of aromatic nitrogens is 2. The van der Waals surface area contributed by atoms with Crippen LogP contribution in [0, 0.1) is 5.92 Å². The van der Waals surface area contributed by atoms with Crippen molar-refractivity contribution in [3.8, 4) is 0 Å². The molecule has 2 aliphatic rings. The van der Waals surface area contributed by atoms with Crippen LogP contribution in [0.1, 0.15) is 23.5 Å². The van der Waals surface area contributed by atoms with Crippen LogP contribution < -0.4 is 5.32 Å². The molecule has 96 valence electrons. The van der Waals surface area contributed by atoms with Gasteiger partial charge in [0.25, 0.3) is 0 Å². The van der Waals surface area contributed by atoms with E-state index in [4.69, 9.17) is 0 Å². The van der Waals surface area contributed by atoms with Crippen LogP contribution in [0.15, 0.2) is 41.1 Å². The fourth-order valence-electron chi connectivity index (χ4n) is 3.30. The highest BCUT2D eigenvalue weighted by Crippen LogP contribution is 2.55. The SMILES string of the molecule is Brc1cnc(NC2C3CCc4ccccc4C32)nc1. The second-order valence-corrected chi connectivity index (χ2v) is 6.24. The minimum absolute atomic E-state index is 0.504. The summed E-state index contributed by atoms with van der Waals surface area (Å²) in [4.78, 5) is 8.61. The normalized spacial score (nSPS) is 27.3. The molecule has 1 aromatic heterocycles. The molecular weight excluding hydrogens is 302 g/mol. The summed E-state index contributed by atoms with van der Waals surface area (Å²) in [5.74, 6) is 2.14. The van der Waals surface area contributed by atoms with Gasteiger partial charge in [0.1, 0.15) is 0 Å². The molecule has 1 aromatic carbocycles. The van der Waals surface area contributed by atoms with Crippen molar-refractivity contribution in [1.82, 2.24) is 9.97 Å². The van der Waals surface area contributed by atoms with Gasteiger partial charge in [0, 0.05) is 24.4 Å². The van der Waals surface area contributed by atoms with Crippen molar-refractivity contribution in [2.24, 2.45) is 5.92 Å². The first-order valence-corrected chi connectivity index (χ1v) is 7.44. The largest absolute Gasteiger partial charge is 0.351 e. The maximum Gasteiger partial charge on any atom is 0.222 e. The van der Waals surface area contributed by atoms with Crippen LogP contribution in [0.2, 0.25) is 0 Å². The van der Waals surface area contributed by atoms with Crippen molar-refractivity contribution in [2.75, 3.05) is 5.32 Å². The molecule has 3 atom stereocenters. The van der Waals surface area contributed by atoms with E-state index in [1.54, 1.807) is 12.4 Å². The lowest BCUT2D eigenvalue weighted by Gasteiger charge is -2.13. The fourth-order valence-corrected chi connectivity index (χ4v) is 3.50. The highest BCUT2D eigenvalue weighted by Gasteiger charge is 2.53. The van der Waals surface area contributed by atoms with Crippen LogP contribution in [0.25, 0.3) is 0 Å². The van der Waals surface area contributed by atoms with Gasteiger partial charge < -0.3 is 5.32 Å². The molecule has 0 radical (unpaired) electrons. The lowest BCUT2D eigenvalue weighted by molar-refractivity contribution is 0.661. The molecule has 0 spiro atoms. The first-order valence-electron chi connectivity index (χ1n) is 6.65. The number of halogens is 1. The lowest BCUT2D eigenvalue weighted by Crippen LogP contribution is -2.08. The van der Waals surface area contributed by atoms with Gasteiger partial charge in [-0.2, -0.15) is 0 Å². The van der Waals surface area contributed by atoms with Crippen molar-refractivity contribution < 1.29 is 0 Å². The second-order valence-electron chi connectivity index (χ2n) is 5.32. The summed E-state index contributed by atoms with van der Waals surface area (Å²) >= 11 is 3.36. The number of benzene rings is 1. The molecule has 3 unspecified atom stereocenters. The first-order chi connectivity index (χ1) is 9.33. The minimum atomic E-state index is 0.504. The second kappa shape index (κ2) is 4.30. The van der Waals surface area contributed by atoms with Crippen molar-refractivity contribution in [3.05, 3.63) is 52.3 Å². The van der Waals surface area contributed by atoms with Gasteiger partial charge in [-0.05, 0) is 45.8 Å². The summed E-state index contributed by atoms with van der Waals surface area (Å²) in [6, 6.07) is 9.33. The smallest absolute Gasteiger partial charge is 0.222 e. The van der Waals surface area contributed by atoms with Crippen LogP contribution in [0.3, 0.4) is 0 Å². The number of anilines is 1. The molecular formula is C15H14BrN3. The molecule has 1 saturated carbocycles. The average Bonchev–Trinajstić information content (AvgIpc) is 3.15. The Morgan fingerprint density at radius 1 is 1.16 bits per heavy atom. The molecule has 0 amide bonds. The van der Waals surface area contributed by atoms with E-state index in [-0.39, 0.29) is 0 Å². The summed E-state index contributed by atoms with van der Waals surface area (Å²) in [6.45, 7) is 0. The molecule has 2 aliphatic carbocycles. The maximum absolute atomic E-state index is 4.30. The van der Waals surface area contributed by atoms with E-state index in [0.717, 1.165) is 16.3 Å². The first kappa shape index (κ1) is 11.4. The van der Waals surface area contributed by atoms with Crippen LogP contribution in [0.5, 0.6) is 0 Å². The summed E-state index contributed by atoms with van der Waals surface area (Å²) in [5.41, 5.74) is 3.04. The molecule has 4 heteroatoms. The zero-order valence-electron chi connectivity index (χ0n) is 10.4. The van der Waals surface area contributed by atoms with Gasteiger partial charge in [0.05, 0.1) is 4.47 Å². The summed E-state index contributed by atoms with van der Waals surface area (Å²) in [6.07, 6.45) is 6.05. The molecule has 0 saturated heterocycles. The Labute approximate surface area is 120 Å². The highest BCUT2D eigenvalue weighted by molar-refractivity contribution is 9.10. The molecule has 19 heavy (non-hydrogen) atoms. The van der Waals surface area contributed by atoms with Gasteiger partial charge in [-0.1, -0.05) is 24.3 Å². The number of hydrogen-bond donors (Lipinski definition) is 1. The Hall–Kier alpha value is -1.42. The van der Waals surface area contributed by atoms with Crippen LogP contribution >= 0.6 is 15.9 Å². The van der Waals surface area contributed by atoms with Crippen LogP contribution in [-0.4, -0.2) is 16.0 Å². The topological polar surface area (TPSA) is 37.8 Å². The van der Waals surface area contributed by atoms with Crippen LogP contribution in [-0.2, 0) is 6.42 Å². The Morgan fingerprint density at radius 2 is 1.95 bits per heavy atom. The third-order valence-electron chi connectivity index (χ3n) is 4.25. The molecule has 3 nitrogen and oxygen atoms in total. The quantitative estimate of drug-likeness (QED) is 0.923. The molecule has 0 aliphatic heterocycles. The predicted molar refractivity (Wildman–Crippen MR) is 78.1 cm³/mol. The van der Waals surface area contributed by atoms with Crippen molar-refractivity contribution in [1.29, 1.82) is 0 Å². The zero-order chi connectivity index (χ0) is 12.8. The van der Waals surface area contributed by atoms with E-state index in [2.05, 4.69) is 55.5 Å². The molecule has 2 aromatic rings. The number of hydrogen-bond acceptors (Lipinski definition) is 3. The van der Waals surface area contributed by atoms with Crippen LogP contribution in [0.4, 0.5) is 5.95 Å². The van der Waals surface area contributed by atoms with E-state index in [1.165, 1.54) is 24.0 Å². The molecule has 0 bridgehead atoms. The van der Waals surface area contributed by atoms with Gasteiger partial charge in [-0.15, -0.1) is 0 Å².